The molecule has 6 nitrogen and oxygen atoms in total. The molecule has 0 bridgehead atoms. The van der Waals surface area contributed by atoms with Gasteiger partial charge < -0.3 is 0 Å². The molecule has 0 saturated carbocycles. The molecule has 1 rings (SSSR count). The van der Waals surface area contributed by atoms with Crippen LogP contribution in [0.5, 0.6) is 0 Å². The van der Waals surface area contributed by atoms with Crippen LogP contribution in [0.3, 0.4) is 0 Å². The topological polar surface area (TPSA) is 72.2 Å². The van der Waals surface area contributed by atoms with Gasteiger partial charge in [0.1, 0.15) is 0 Å². The first-order valence-corrected chi connectivity index (χ1v) is 2.87. The van der Waals surface area contributed by atoms with Crippen LogP contribution in [0.15, 0.2) is 0 Å². The van der Waals surface area contributed by atoms with Crippen LogP contribution < -0.4 is 32.6 Å². The maximum atomic E-state index is 3.04. The van der Waals surface area contributed by atoms with E-state index in [1.165, 1.54) is 0 Å². The van der Waals surface area contributed by atoms with E-state index in [1.807, 2.05) is 0 Å². The lowest BCUT2D eigenvalue weighted by Crippen LogP contribution is -2.48. The van der Waals surface area contributed by atoms with Crippen LogP contribution in [-0.4, -0.2) is 20.0 Å². The van der Waals surface area contributed by atoms with E-state index in [0.717, 1.165) is 13.3 Å². The highest BCUT2D eigenvalue weighted by Crippen LogP contribution is 1.49. The highest BCUT2D eigenvalue weighted by Gasteiger charge is 1.88. The van der Waals surface area contributed by atoms with E-state index >= 15 is 0 Å². The summed E-state index contributed by atoms with van der Waals surface area (Å²) in [4.78, 5) is 0. The lowest BCUT2D eigenvalue weighted by molar-refractivity contribution is 0.416. The van der Waals surface area contributed by atoms with Crippen LogP contribution >= 0.6 is 0 Å². The van der Waals surface area contributed by atoms with E-state index in [4.69, 9.17) is 0 Å². The van der Waals surface area contributed by atoms with E-state index in [2.05, 4.69) is 32.6 Å². The fraction of sp³-hybridized carbons (Fsp3) is 1.00. The summed E-state index contributed by atoms with van der Waals surface area (Å²) in [6, 6.07) is 0. The Labute approximate surface area is 53.7 Å². The van der Waals surface area contributed by atoms with Crippen LogP contribution in [0, 0.1) is 0 Å². The SMILES string of the molecule is C1NCNNNCNN1. The van der Waals surface area contributed by atoms with Gasteiger partial charge >= 0.3 is 0 Å². The zero-order chi connectivity index (χ0) is 6.36. The van der Waals surface area contributed by atoms with E-state index in [0.29, 0.717) is 6.67 Å². The summed E-state index contributed by atoms with van der Waals surface area (Å²) in [6.45, 7) is 2.15. The van der Waals surface area contributed by atoms with Crippen LogP contribution in [0.25, 0.3) is 0 Å². The standard InChI is InChI=1S/C3H12N6/c1-4-2-7-9-8-3-6-5-1/h4-9H,1-3H2. The lowest BCUT2D eigenvalue weighted by atomic mass is 11.0. The predicted molar refractivity (Wildman–Crippen MR) is 33.4 cm³/mol. The minimum absolute atomic E-state index is 0.675. The summed E-state index contributed by atoms with van der Waals surface area (Å²) in [5.74, 6) is 0. The molecule has 9 heavy (non-hydrogen) atoms. The summed E-state index contributed by atoms with van der Waals surface area (Å²) >= 11 is 0. The molecule has 1 aliphatic rings. The minimum Gasteiger partial charge on any atom is -0.290 e. The van der Waals surface area contributed by atoms with Gasteiger partial charge in [-0.3, -0.25) is 5.32 Å². The van der Waals surface area contributed by atoms with Crippen molar-refractivity contribution in [1.29, 1.82) is 0 Å². The first-order chi connectivity index (χ1) is 4.50. The second kappa shape index (κ2) is 4.62. The largest absolute Gasteiger partial charge is 0.290 e. The smallest absolute Gasteiger partial charge is 0.0734 e. The molecule has 0 aromatic rings. The maximum Gasteiger partial charge on any atom is 0.0734 e. The van der Waals surface area contributed by atoms with Crippen molar-refractivity contribution in [2.75, 3.05) is 20.0 Å². The van der Waals surface area contributed by atoms with Gasteiger partial charge in [0.15, 0.2) is 0 Å². The normalized spacial score (nSPS) is 24.0. The Morgan fingerprint density at radius 3 is 2.33 bits per heavy atom. The van der Waals surface area contributed by atoms with Gasteiger partial charge in [-0.2, -0.15) is 5.53 Å². The van der Waals surface area contributed by atoms with Crippen molar-refractivity contribution in [1.82, 2.24) is 32.6 Å². The van der Waals surface area contributed by atoms with Gasteiger partial charge in [0.2, 0.25) is 0 Å². The lowest BCUT2D eigenvalue weighted by Gasteiger charge is -2.03. The van der Waals surface area contributed by atoms with Crippen molar-refractivity contribution in [2.24, 2.45) is 0 Å². The highest BCUT2D eigenvalue weighted by atomic mass is 15.6. The molecule has 0 atom stereocenters. The van der Waals surface area contributed by atoms with Crippen molar-refractivity contribution in [2.45, 2.75) is 0 Å². The van der Waals surface area contributed by atoms with E-state index in [9.17, 15) is 0 Å². The Morgan fingerprint density at radius 1 is 0.667 bits per heavy atom. The van der Waals surface area contributed by atoms with Gasteiger partial charge in [-0.25, -0.2) is 21.7 Å². The Bertz CT molecular complexity index is 36.8. The quantitative estimate of drug-likeness (QED) is 0.213. The molecule has 0 aromatic heterocycles. The third-order valence-electron chi connectivity index (χ3n) is 0.905. The van der Waals surface area contributed by atoms with Crippen LogP contribution in [0.4, 0.5) is 0 Å². The van der Waals surface area contributed by atoms with Gasteiger partial charge in [0.05, 0.1) is 20.0 Å². The van der Waals surface area contributed by atoms with Crippen LogP contribution in [0.1, 0.15) is 0 Å². The molecule has 1 heterocycles. The molecule has 1 fully saturated rings. The Morgan fingerprint density at radius 2 is 1.33 bits per heavy atom. The van der Waals surface area contributed by atoms with Crippen LogP contribution in [0.2, 0.25) is 0 Å². The zero-order valence-electron chi connectivity index (χ0n) is 5.12. The zero-order valence-corrected chi connectivity index (χ0v) is 5.12. The van der Waals surface area contributed by atoms with Crippen LogP contribution in [-0.2, 0) is 0 Å². The molecule has 0 radical (unpaired) electrons. The monoisotopic (exact) mass is 132 g/mol. The fourth-order valence-corrected chi connectivity index (χ4v) is 0.508. The molecule has 54 valence electrons. The van der Waals surface area contributed by atoms with Gasteiger partial charge in [-0.15, -0.1) is 0 Å². The molecule has 1 aliphatic heterocycles. The summed E-state index contributed by atoms with van der Waals surface area (Å²) in [7, 11) is 0. The van der Waals surface area contributed by atoms with E-state index < -0.39 is 0 Å². The van der Waals surface area contributed by atoms with E-state index in [1.54, 1.807) is 0 Å². The fourth-order valence-electron chi connectivity index (χ4n) is 0.508. The second-order valence-corrected chi connectivity index (χ2v) is 1.61. The summed E-state index contributed by atoms with van der Waals surface area (Å²) in [5.41, 5.74) is 14.3. The third kappa shape index (κ3) is 3.36. The van der Waals surface area contributed by atoms with E-state index in [-0.39, 0.29) is 0 Å². The minimum atomic E-state index is 0.675. The summed E-state index contributed by atoms with van der Waals surface area (Å²) < 4.78 is 0. The molecule has 0 unspecified atom stereocenters. The van der Waals surface area contributed by atoms with Gasteiger partial charge in [0, 0.05) is 0 Å². The van der Waals surface area contributed by atoms with Crippen molar-refractivity contribution in [3.8, 4) is 0 Å². The third-order valence-corrected chi connectivity index (χ3v) is 0.905. The van der Waals surface area contributed by atoms with Gasteiger partial charge in [-0.1, -0.05) is 0 Å². The average Bonchev–Trinajstić information content (AvgIpc) is 2.00. The molecule has 0 aliphatic carbocycles. The second-order valence-electron chi connectivity index (χ2n) is 1.61. The number of rotatable bonds is 0. The molecule has 0 spiro atoms. The number of hydrazine groups is 3. The van der Waals surface area contributed by atoms with Crippen molar-refractivity contribution in [3.05, 3.63) is 0 Å². The highest BCUT2D eigenvalue weighted by molar-refractivity contribution is 4.41. The molecule has 6 heteroatoms. The number of hydrogen-bond acceptors (Lipinski definition) is 6. The Balaban J connectivity index is 2.02. The van der Waals surface area contributed by atoms with Crippen molar-refractivity contribution >= 4 is 0 Å². The first kappa shape index (κ1) is 6.87. The predicted octanol–water partition coefficient (Wildman–Crippen LogP) is -2.84. The summed E-state index contributed by atoms with van der Waals surface area (Å²) in [5, 5.41) is 3.04. The molecular weight excluding hydrogens is 120 g/mol. The van der Waals surface area contributed by atoms with Crippen molar-refractivity contribution in [3.63, 3.8) is 0 Å². The van der Waals surface area contributed by atoms with Crippen molar-refractivity contribution < 1.29 is 0 Å². The molecule has 0 aromatic carbocycles. The Kier molecular flexibility index (Phi) is 3.53. The molecule has 6 N–H and O–H groups in total. The molecule has 1 saturated heterocycles. The average molecular weight is 132 g/mol. The number of hydrogen-bond donors (Lipinski definition) is 6. The summed E-state index contributed by atoms with van der Waals surface area (Å²) in [6.07, 6.45) is 0. The molecule has 0 amide bonds. The van der Waals surface area contributed by atoms with Gasteiger partial charge in [0.25, 0.3) is 0 Å². The first-order valence-electron chi connectivity index (χ1n) is 2.87. The Hall–Kier alpha value is -0.240. The molecular formula is C3H12N6. The maximum absolute atomic E-state index is 3.04. The number of nitrogens with one attached hydrogen (secondary N) is 6. The van der Waals surface area contributed by atoms with Gasteiger partial charge in [-0.05, 0) is 0 Å².